The van der Waals surface area contributed by atoms with Gasteiger partial charge in [0.15, 0.2) is 0 Å². The highest BCUT2D eigenvalue weighted by Gasteiger charge is 2.17. The van der Waals surface area contributed by atoms with E-state index in [2.05, 4.69) is 10.6 Å². The van der Waals surface area contributed by atoms with Gasteiger partial charge in [-0.25, -0.2) is 4.39 Å². The van der Waals surface area contributed by atoms with E-state index < -0.39 is 11.9 Å². The van der Waals surface area contributed by atoms with Crippen molar-refractivity contribution < 1.29 is 18.7 Å². The first-order valence-electron chi connectivity index (χ1n) is 7.69. The van der Waals surface area contributed by atoms with Crippen molar-refractivity contribution in [2.45, 2.75) is 13.0 Å². The minimum absolute atomic E-state index is 0.225. The third-order valence-corrected chi connectivity index (χ3v) is 3.67. The molecule has 0 aliphatic heterocycles. The number of hydrogen-bond donors (Lipinski definition) is 2. The van der Waals surface area contributed by atoms with Gasteiger partial charge in [0.05, 0.1) is 17.1 Å². The van der Waals surface area contributed by atoms with Gasteiger partial charge in [0, 0.05) is 0 Å². The number of amides is 2. The van der Waals surface area contributed by atoms with E-state index in [4.69, 9.17) is 16.3 Å². The van der Waals surface area contributed by atoms with Crippen molar-refractivity contribution in [2.75, 3.05) is 13.2 Å². The van der Waals surface area contributed by atoms with Crippen LogP contribution in [0.3, 0.4) is 0 Å². The molecular weight excluding hydrogens is 347 g/mol. The maximum atomic E-state index is 12.8. The molecule has 2 rings (SSSR count). The minimum Gasteiger partial charge on any atom is -0.492 e. The standard InChI is InChI=1S/C18H18ClFN2O3/c1-12(22-18(24)15-4-2-3-5-16(15)19)17(23)21-10-11-25-14-8-6-13(20)7-9-14/h2-9,12H,10-11H2,1H3,(H,21,23)(H,22,24). The van der Waals surface area contributed by atoms with Crippen LogP contribution in [0.5, 0.6) is 5.75 Å². The molecule has 2 aromatic rings. The fraction of sp³-hybridized carbons (Fsp3) is 0.222. The Bertz CT molecular complexity index is 737. The molecule has 7 heteroatoms. The zero-order chi connectivity index (χ0) is 18.2. The molecule has 2 amide bonds. The average Bonchev–Trinajstić information content (AvgIpc) is 2.60. The molecule has 0 fully saturated rings. The summed E-state index contributed by atoms with van der Waals surface area (Å²) in [5.74, 6) is -0.599. The summed E-state index contributed by atoms with van der Waals surface area (Å²) in [7, 11) is 0. The first kappa shape index (κ1) is 18.7. The summed E-state index contributed by atoms with van der Waals surface area (Å²) in [5, 5.41) is 5.55. The van der Waals surface area contributed by atoms with Gasteiger partial charge >= 0.3 is 0 Å². The first-order chi connectivity index (χ1) is 12.0. The molecule has 2 N–H and O–H groups in total. The third kappa shape index (κ3) is 5.76. The zero-order valence-corrected chi connectivity index (χ0v) is 14.3. The number of benzene rings is 2. The van der Waals surface area contributed by atoms with Gasteiger partial charge in [-0.3, -0.25) is 9.59 Å². The molecule has 0 aromatic heterocycles. The molecule has 132 valence electrons. The van der Waals surface area contributed by atoms with Crippen molar-refractivity contribution in [3.05, 3.63) is 64.9 Å². The number of carbonyl (C=O) groups is 2. The van der Waals surface area contributed by atoms with Gasteiger partial charge in [0.2, 0.25) is 5.91 Å². The van der Waals surface area contributed by atoms with Gasteiger partial charge in [-0.15, -0.1) is 0 Å². The SMILES string of the molecule is CC(NC(=O)c1ccccc1Cl)C(=O)NCCOc1ccc(F)cc1. The van der Waals surface area contributed by atoms with Crippen molar-refractivity contribution in [2.24, 2.45) is 0 Å². The van der Waals surface area contributed by atoms with Crippen LogP contribution in [-0.4, -0.2) is 31.0 Å². The molecule has 0 radical (unpaired) electrons. The molecule has 0 aliphatic carbocycles. The second-order valence-corrected chi connectivity index (χ2v) is 5.68. The van der Waals surface area contributed by atoms with Crippen LogP contribution in [0.4, 0.5) is 4.39 Å². The van der Waals surface area contributed by atoms with Crippen molar-refractivity contribution in [1.29, 1.82) is 0 Å². The molecule has 1 atom stereocenters. The highest BCUT2D eigenvalue weighted by atomic mass is 35.5. The average molecular weight is 365 g/mol. The maximum Gasteiger partial charge on any atom is 0.253 e. The quantitative estimate of drug-likeness (QED) is 0.742. The number of nitrogens with one attached hydrogen (secondary N) is 2. The van der Waals surface area contributed by atoms with E-state index >= 15 is 0 Å². The van der Waals surface area contributed by atoms with Gasteiger partial charge in [-0.2, -0.15) is 0 Å². The summed E-state index contributed by atoms with van der Waals surface area (Å²) in [6, 6.07) is 11.5. The van der Waals surface area contributed by atoms with Gasteiger partial charge < -0.3 is 15.4 Å². The van der Waals surface area contributed by atoms with Crippen LogP contribution in [-0.2, 0) is 4.79 Å². The molecule has 0 bridgehead atoms. The van der Waals surface area contributed by atoms with Crippen LogP contribution in [0.2, 0.25) is 5.02 Å². The first-order valence-corrected chi connectivity index (χ1v) is 8.06. The highest BCUT2D eigenvalue weighted by molar-refractivity contribution is 6.33. The third-order valence-electron chi connectivity index (χ3n) is 3.34. The zero-order valence-electron chi connectivity index (χ0n) is 13.6. The summed E-state index contributed by atoms with van der Waals surface area (Å²) < 4.78 is 18.1. The second kappa shape index (κ2) is 9.03. The summed E-state index contributed by atoms with van der Waals surface area (Å²) in [4.78, 5) is 24.1. The highest BCUT2D eigenvalue weighted by Crippen LogP contribution is 2.14. The Hall–Kier alpha value is -2.60. The lowest BCUT2D eigenvalue weighted by Gasteiger charge is -2.15. The lowest BCUT2D eigenvalue weighted by Crippen LogP contribution is -2.45. The molecule has 0 saturated heterocycles. The smallest absolute Gasteiger partial charge is 0.253 e. The van der Waals surface area contributed by atoms with Crippen LogP contribution < -0.4 is 15.4 Å². The predicted molar refractivity (Wildman–Crippen MR) is 93.3 cm³/mol. The van der Waals surface area contributed by atoms with E-state index in [1.807, 2.05) is 0 Å². The van der Waals surface area contributed by atoms with E-state index in [0.717, 1.165) is 0 Å². The molecule has 0 spiro atoms. The Morgan fingerprint density at radius 1 is 1.16 bits per heavy atom. The number of rotatable bonds is 7. The Balaban J connectivity index is 1.74. The Kier molecular flexibility index (Phi) is 6.77. The van der Waals surface area contributed by atoms with Gasteiger partial charge in [0.1, 0.15) is 24.2 Å². The summed E-state index contributed by atoms with van der Waals surface area (Å²) in [6.07, 6.45) is 0. The number of hydrogen-bond acceptors (Lipinski definition) is 3. The van der Waals surface area contributed by atoms with Crippen LogP contribution in [0.25, 0.3) is 0 Å². The van der Waals surface area contributed by atoms with Crippen LogP contribution in [0.15, 0.2) is 48.5 Å². The van der Waals surface area contributed by atoms with Gasteiger partial charge in [-0.05, 0) is 43.3 Å². The van der Waals surface area contributed by atoms with Crippen molar-refractivity contribution in [1.82, 2.24) is 10.6 Å². The van der Waals surface area contributed by atoms with E-state index in [9.17, 15) is 14.0 Å². The minimum atomic E-state index is -0.727. The summed E-state index contributed by atoms with van der Waals surface area (Å²) in [6.45, 7) is 2.05. The molecule has 1 unspecified atom stereocenters. The second-order valence-electron chi connectivity index (χ2n) is 5.27. The van der Waals surface area contributed by atoms with Crippen molar-refractivity contribution in [3.8, 4) is 5.75 Å². The molecule has 2 aromatic carbocycles. The maximum absolute atomic E-state index is 12.8. The molecular formula is C18H18ClFN2O3. The predicted octanol–water partition coefficient (Wildman–Crippen LogP) is 2.79. The summed E-state index contributed by atoms with van der Waals surface area (Å²) >= 11 is 5.95. The van der Waals surface area contributed by atoms with E-state index in [1.165, 1.54) is 24.3 Å². The van der Waals surface area contributed by atoms with Gasteiger partial charge in [-0.1, -0.05) is 23.7 Å². The van der Waals surface area contributed by atoms with E-state index in [0.29, 0.717) is 16.3 Å². The molecule has 5 nitrogen and oxygen atoms in total. The van der Waals surface area contributed by atoms with Crippen molar-refractivity contribution >= 4 is 23.4 Å². The van der Waals surface area contributed by atoms with Gasteiger partial charge in [0.25, 0.3) is 5.91 Å². The molecule has 0 heterocycles. The number of halogens is 2. The largest absolute Gasteiger partial charge is 0.492 e. The monoisotopic (exact) mass is 364 g/mol. The normalized spacial score (nSPS) is 11.5. The van der Waals surface area contributed by atoms with Crippen LogP contribution >= 0.6 is 11.6 Å². The Morgan fingerprint density at radius 2 is 1.84 bits per heavy atom. The molecule has 0 saturated carbocycles. The lowest BCUT2D eigenvalue weighted by molar-refractivity contribution is -0.122. The van der Waals surface area contributed by atoms with Crippen molar-refractivity contribution in [3.63, 3.8) is 0 Å². The van der Waals surface area contributed by atoms with E-state index in [1.54, 1.807) is 31.2 Å². The number of ether oxygens (including phenoxy) is 1. The topological polar surface area (TPSA) is 67.4 Å². The molecule has 0 aliphatic rings. The Morgan fingerprint density at radius 3 is 2.52 bits per heavy atom. The molecule has 25 heavy (non-hydrogen) atoms. The van der Waals surface area contributed by atoms with Crippen LogP contribution in [0.1, 0.15) is 17.3 Å². The fourth-order valence-corrected chi connectivity index (χ4v) is 2.23. The fourth-order valence-electron chi connectivity index (χ4n) is 2.01. The Labute approximate surface area is 150 Å². The van der Waals surface area contributed by atoms with Crippen LogP contribution in [0, 0.1) is 5.82 Å². The van der Waals surface area contributed by atoms with E-state index in [-0.39, 0.29) is 24.9 Å². The lowest BCUT2D eigenvalue weighted by atomic mass is 10.2. The number of carbonyl (C=O) groups excluding carboxylic acids is 2. The summed E-state index contributed by atoms with van der Waals surface area (Å²) in [5.41, 5.74) is 0.309.